The zero-order valence-electron chi connectivity index (χ0n) is 15.3. The molecule has 1 fully saturated rings. The molecule has 138 valence electrons. The number of rotatable bonds is 6. The largest absolute Gasteiger partial charge is 0.497 e. The van der Waals surface area contributed by atoms with E-state index in [2.05, 4.69) is 37.4 Å². The van der Waals surface area contributed by atoms with Gasteiger partial charge in [0.2, 0.25) is 0 Å². The average Bonchev–Trinajstić information content (AvgIpc) is 2.72. The van der Waals surface area contributed by atoms with Crippen molar-refractivity contribution in [2.24, 2.45) is 0 Å². The van der Waals surface area contributed by atoms with E-state index in [9.17, 15) is 4.79 Å². The van der Waals surface area contributed by atoms with Crippen LogP contribution in [0, 0.1) is 0 Å². The van der Waals surface area contributed by atoms with Gasteiger partial charge in [-0.05, 0) is 42.8 Å². The highest BCUT2D eigenvalue weighted by atomic mass is 16.5. The molecule has 0 unspecified atom stereocenters. The first-order valence-corrected chi connectivity index (χ1v) is 8.97. The molecule has 1 aliphatic rings. The number of nitrogens with zero attached hydrogens (tertiary/aromatic N) is 4. The lowest BCUT2D eigenvalue weighted by atomic mass is 10.2. The number of piperazine rings is 1. The van der Waals surface area contributed by atoms with Crippen molar-refractivity contribution in [3.63, 3.8) is 0 Å². The minimum absolute atomic E-state index is 0.171. The van der Waals surface area contributed by atoms with Crippen molar-refractivity contribution >= 4 is 17.4 Å². The van der Waals surface area contributed by atoms with Gasteiger partial charge in [-0.25, -0.2) is 0 Å². The molecular weight excluding hydrogens is 330 g/mol. The normalized spacial score (nSPS) is 14.2. The van der Waals surface area contributed by atoms with Crippen molar-refractivity contribution in [1.82, 2.24) is 15.5 Å². The number of amides is 1. The summed E-state index contributed by atoms with van der Waals surface area (Å²) >= 11 is 0. The molecule has 1 N–H and O–H groups in total. The summed E-state index contributed by atoms with van der Waals surface area (Å²) in [6, 6.07) is 11.7. The van der Waals surface area contributed by atoms with E-state index in [-0.39, 0.29) is 5.91 Å². The third-order valence-electron chi connectivity index (χ3n) is 4.46. The molecule has 3 rings (SSSR count). The molecule has 1 saturated heterocycles. The molecule has 26 heavy (non-hydrogen) atoms. The highest BCUT2D eigenvalue weighted by molar-refractivity contribution is 5.92. The third kappa shape index (κ3) is 4.22. The smallest absolute Gasteiger partial charge is 0.271 e. The molecule has 1 aromatic heterocycles. The van der Waals surface area contributed by atoms with Gasteiger partial charge in [0, 0.05) is 38.4 Å². The Labute approximate surface area is 154 Å². The van der Waals surface area contributed by atoms with Crippen LogP contribution < -0.4 is 19.9 Å². The molecule has 0 bridgehead atoms. The maximum absolute atomic E-state index is 11.9. The van der Waals surface area contributed by atoms with Gasteiger partial charge in [0.1, 0.15) is 5.75 Å². The lowest BCUT2D eigenvalue weighted by Gasteiger charge is -2.36. The first-order chi connectivity index (χ1) is 12.7. The predicted molar refractivity (Wildman–Crippen MR) is 102 cm³/mol. The van der Waals surface area contributed by atoms with Crippen LogP contribution in [0.2, 0.25) is 0 Å². The van der Waals surface area contributed by atoms with Crippen LogP contribution in [0.3, 0.4) is 0 Å². The number of benzene rings is 1. The average molecular weight is 355 g/mol. The number of anilines is 2. The summed E-state index contributed by atoms with van der Waals surface area (Å²) in [6.45, 7) is 6.21. The number of methoxy groups -OCH3 is 1. The zero-order valence-corrected chi connectivity index (χ0v) is 15.3. The molecule has 0 aliphatic carbocycles. The van der Waals surface area contributed by atoms with Gasteiger partial charge in [-0.2, -0.15) is 0 Å². The number of ether oxygens (including phenoxy) is 1. The number of aromatic nitrogens is 2. The van der Waals surface area contributed by atoms with Crippen molar-refractivity contribution in [2.45, 2.75) is 13.3 Å². The Morgan fingerprint density at radius 2 is 1.73 bits per heavy atom. The number of hydrogen-bond acceptors (Lipinski definition) is 6. The maximum atomic E-state index is 11.9. The highest BCUT2D eigenvalue weighted by Gasteiger charge is 2.19. The van der Waals surface area contributed by atoms with Crippen molar-refractivity contribution in [2.75, 3.05) is 49.6 Å². The number of carbonyl (C=O) groups excluding carboxylic acids is 1. The Balaban J connectivity index is 1.56. The summed E-state index contributed by atoms with van der Waals surface area (Å²) in [5, 5.41) is 11.1. The highest BCUT2D eigenvalue weighted by Crippen LogP contribution is 2.21. The summed E-state index contributed by atoms with van der Waals surface area (Å²) in [4.78, 5) is 16.4. The molecule has 2 heterocycles. The Kier molecular flexibility index (Phi) is 5.88. The molecule has 0 atom stereocenters. The second kappa shape index (κ2) is 8.51. The molecule has 7 heteroatoms. The molecule has 2 aromatic rings. The van der Waals surface area contributed by atoms with Crippen LogP contribution in [0.25, 0.3) is 0 Å². The van der Waals surface area contributed by atoms with E-state index < -0.39 is 0 Å². The maximum Gasteiger partial charge on any atom is 0.271 e. The molecule has 7 nitrogen and oxygen atoms in total. The van der Waals surface area contributed by atoms with Crippen LogP contribution in [-0.4, -0.2) is 55.9 Å². The van der Waals surface area contributed by atoms with Gasteiger partial charge in [0.15, 0.2) is 11.5 Å². The summed E-state index contributed by atoms with van der Waals surface area (Å²) in [6.07, 6.45) is 0.899. The van der Waals surface area contributed by atoms with Crippen molar-refractivity contribution in [3.05, 3.63) is 42.1 Å². The standard InChI is InChI=1S/C19H25N5O2/c1-3-10-20-19(25)17-8-9-18(22-21-17)24-13-11-23(12-14-24)15-4-6-16(26-2)7-5-15/h4-9H,3,10-14H2,1-2H3,(H,20,25). The monoisotopic (exact) mass is 355 g/mol. The number of hydrogen-bond donors (Lipinski definition) is 1. The predicted octanol–water partition coefficient (Wildman–Crippen LogP) is 1.95. The molecule has 0 saturated carbocycles. The van der Waals surface area contributed by atoms with Crippen LogP contribution in [-0.2, 0) is 0 Å². The van der Waals surface area contributed by atoms with Gasteiger partial charge in [-0.3, -0.25) is 4.79 Å². The zero-order chi connectivity index (χ0) is 18.4. The second-order valence-electron chi connectivity index (χ2n) is 6.20. The summed E-state index contributed by atoms with van der Waals surface area (Å²) in [5.74, 6) is 1.51. The van der Waals surface area contributed by atoms with Gasteiger partial charge in [0.25, 0.3) is 5.91 Å². The van der Waals surface area contributed by atoms with E-state index in [1.165, 1.54) is 5.69 Å². The molecule has 0 spiro atoms. The van der Waals surface area contributed by atoms with Crippen molar-refractivity contribution < 1.29 is 9.53 Å². The first kappa shape index (κ1) is 18.0. The van der Waals surface area contributed by atoms with Gasteiger partial charge in [-0.15, -0.1) is 10.2 Å². The fourth-order valence-electron chi connectivity index (χ4n) is 2.93. The van der Waals surface area contributed by atoms with Crippen LogP contribution in [0.15, 0.2) is 36.4 Å². The van der Waals surface area contributed by atoms with E-state index >= 15 is 0 Å². The minimum atomic E-state index is -0.171. The summed E-state index contributed by atoms with van der Waals surface area (Å²) in [7, 11) is 1.67. The van der Waals surface area contributed by atoms with E-state index in [4.69, 9.17) is 4.74 Å². The molecular formula is C19H25N5O2. The molecule has 1 aromatic carbocycles. The number of carbonyl (C=O) groups is 1. The summed E-state index contributed by atoms with van der Waals surface area (Å²) in [5.41, 5.74) is 1.55. The van der Waals surface area contributed by atoms with Crippen molar-refractivity contribution in [3.8, 4) is 5.75 Å². The van der Waals surface area contributed by atoms with E-state index in [0.717, 1.165) is 44.2 Å². The van der Waals surface area contributed by atoms with Crippen molar-refractivity contribution in [1.29, 1.82) is 0 Å². The Morgan fingerprint density at radius 3 is 2.31 bits per heavy atom. The van der Waals surface area contributed by atoms with E-state index in [1.807, 2.05) is 25.1 Å². The third-order valence-corrected chi connectivity index (χ3v) is 4.46. The van der Waals surface area contributed by atoms with Crippen LogP contribution in [0.1, 0.15) is 23.8 Å². The molecule has 1 amide bonds. The number of nitrogens with one attached hydrogen (secondary N) is 1. The Morgan fingerprint density at radius 1 is 1.04 bits per heavy atom. The minimum Gasteiger partial charge on any atom is -0.497 e. The fraction of sp³-hybridized carbons (Fsp3) is 0.421. The lowest BCUT2D eigenvalue weighted by molar-refractivity contribution is 0.0947. The SMILES string of the molecule is CCCNC(=O)c1ccc(N2CCN(c3ccc(OC)cc3)CC2)nn1. The van der Waals surface area contributed by atoms with Crippen LogP contribution in [0.4, 0.5) is 11.5 Å². The van der Waals surface area contributed by atoms with Gasteiger partial charge < -0.3 is 19.9 Å². The van der Waals surface area contributed by atoms with Crippen LogP contribution >= 0.6 is 0 Å². The van der Waals surface area contributed by atoms with E-state index in [1.54, 1.807) is 13.2 Å². The van der Waals surface area contributed by atoms with Gasteiger partial charge in [0.05, 0.1) is 7.11 Å². The fourth-order valence-corrected chi connectivity index (χ4v) is 2.93. The van der Waals surface area contributed by atoms with Gasteiger partial charge in [-0.1, -0.05) is 6.92 Å². The first-order valence-electron chi connectivity index (χ1n) is 8.97. The molecule has 0 radical (unpaired) electrons. The quantitative estimate of drug-likeness (QED) is 0.854. The lowest BCUT2D eigenvalue weighted by Crippen LogP contribution is -2.46. The van der Waals surface area contributed by atoms with Gasteiger partial charge >= 0.3 is 0 Å². The Hall–Kier alpha value is -2.83. The summed E-state index contributed by atoms with van der Waals surface area (Å²) < 4.78 is 5.21. The van der Waals surface area contributed by atoms with Crippen LogP contribution in [0.5, 0.6) is 5.75 Å². The second-order valence-corrected chi connectivity index (χ2v) is 6.20. The van der Waals surface area contributed by atoms with E-state index in [0.29, 0.717) is 12.2 Å². The Bertz CT molecular complexity index is 710. The molecule has 1 aliphatic heterocycles. The topological polar surface area (TPSA) is 70.6 Å².